The molecular weight excluding hydrogens is 286 g/mol. The van der Waals surface area contributed by atoms with Crippen LogP contribution in [0.15, 0.2) is 42.7 Å². The Balaban J connectivity index is 1.53. The number of amides is 1. The number of rotatable bonds is 3. The molecule has 23 heavy (non-hydrogen) atoms. The number of hydrogen-bond acceptors (Lipinski definition) is 2. The van der Waals surface area contributed by atoms with Gasteiger partial charge in [-0.25, -0.2) is 0 Å². The number of aromatic nitrogens is 2. The van der Waals surface area contributed by atoms with Crippen LogP contribution in [0.3, 0.4) is 0 Å². The second kappa shape index (κ2) is 5.84. The van der Waals surface area contributed by atoms with Crippen LogP contribution >= 0.6 is 0 Å². The zero-order chi connectivity index (χ0) is 15.8. The van der Waals surface area contributed by atoms with Crippen LogP contribution in [0, 0.1) is 0 Å². The molecule has 2 bridgehead atoms. The summed E-state index contributed by atoms with van der Waals surface area (Å²) in [5, 5.41) is 4.40. The van der Waals surface area contributed by atoms with Crippen molar-refractivity contribution in [2.24, 2.45) is 0 Å². The van der Waals surface area contributed by atoms with E-state index >= 15 is 0 Å². The van der Waals surface area contributed by atoms with Gasteiger partial charge in [0.1, 0.15) is 0 Å². The first-order valence-corrected chi connectivity index (χ1v) is 8.67. The SMILES string of the molecule is CCc1ccc(C(=O)N2C3CCC2CC(n2cccn2)C3)cc1. The van der Waals surface area contributed by atoms with E-state index in [9.17, 15) is 4.79 Å². The summed E-state index contributed by atoms with van der Waals surface area (Å²) in [6.45, 7) is 2.14. The molecule has 120 valence electrons. The highest BCUT2D eigenvalue weighted by atomic mass is 16.2. The Kier molecular flexibility index (Phi) is 3.68. The number of fused-ring (bicyclic) bond motifs is 2. The van der Waals surface area contributed by atoms with Crippen molar-refractivity contribution >= 4 is 5.91 Å². The highest BCUT2D eigenvalue weighted by molar-refractivity contribution is 5.95. The van der Waals surface area contributed by atoms with Crippen LogP contribution in [0.4, 0.5) is 0 Å². The standard InChI is InChI=1S/C19H23N3O/c1-2-14-4-6-15(7-5-14)19(23)22-16-8-9-17(22)13-18(12-16)21-11-3-10-20-21/h3-7,10-11,16-18H,2,8-9,12-13H2,1H3. The third-order valence-corrected chi connectivity index (χ3v) is 5.45. The highest BCUT2D eigenvalue weighted by Gasteiger charge is 2.43. The van der Waals surface area contributed by atoms with Gasteiger partial charge in [-0.3, -0.25) is 9.48 Å². The Morgan fingerprint density at radius 3 is 2.39 bits per heavy atom. The molecule has 0 radical (unpaired) electrons. The average Bonchev–Trinajstić information content (AvgIpc) is 3.21. The van der Waals surface area contributed by atoms with Crippen LogP contribution in [0.5, 0.6) is 0 Å². The van der Waals surface area contributed by atoms with Gasteiger partial charge in [-0.2, -0.15) is 5.10 Å². The van der Waals surface area contributed by atoms with Gasteiger partial charge >= 0.3 is 0 Å². The fraction of sp³-hybridized carbons (Fsp3) is 0.474. The quantitative estimate of drug-likeness (QED) is 0.871. The molecule has 1 amide bonds. The molecule has 2 aliphatic rings. The minimum Gasteiger partial charge on any atom is -0.333 e. The zero-order valence-electron chi connectivity index (χ0n) is 13.6. The second-order valence-corrected chi connectivity index (χ2v) is 6.76. The lowest BCUT2D eigenvalue weighted by atomic mass is 9.96. The fourth-order valence-electron chi connectivity index (χ4n) is 4.22. The van der Waals surface area contributed by atoms with E-state index in [0.717, 1.165) is 37.7 Å². The third-order valence-electron chi connectivity index (χ3n) is 5.45. The van der Waals surface area contributed by atoms with Gasteiger partial charge in [0, 0.05) is 30.0 Å². The summed E-state index contributed by atoms with van der Waals surface area (Å²) in [4.78, 5) is 15.1. The summed E-state index contributed by atoms with van der Waals surface area (Å²) < 4.78 is 2.07. The molecule has 2 fully saturated rings. The summed E-state index contributed by atoms with van der Waals surface area (Å²) >= 11 is 0. The molecule has 0 saturated carbocycles. The molecule has 3 heterocycles. The highest BCUT2D eigenvalue weighted by Crippen LogP contribution is 2.41. The minimum absolute atomic E-state index is 0.207. The lowest BCUT2D eigenvalue weighted by Gasteiger charge is -2.39. The van der Waals surface area contributed by atoms with E-state index in [0.29, 0.717) is 18.1 Å². The molecule has 0 N–H and O–H groups in total. The topological polar surface area (TPSA) is 38.1 Å². The summed E-state index contributed by atoms with van der Waals surface area (Å²) in [7, 11) is 0. The predicted molar refractivity (Wildman–Crippen MR) is 89.3 cm³/mol. The van der Waals surface area contributed by atoms with E-state index < -0.39 is 0 Å². The van der Waals surface area contributed by atoms with Crippen molar-refractivity contribution < 1.29 is 4.79 Å². The molecular formula is C19H23N3O. The molecule has 4 heteroatoms. The zero-order valence-corrected chi connectivity index (χ0v) is 13.6. The van der Waals surface area contributed by atoms with Crippen molar-refractivity contribution in [3.63, 3.8) is 0 Å². The third kappa shape index (κ3) is 2.56. The van der Waals surface area contributed by atoms with E-state index in [1.165, 1.54) is 5.56 Å². The van der Waals surface area contributed by atoms with Gasteiger partial charge in [-0.1, -0.05) is 19.1 Å². The Morgan fingerprint density at radius 1 is 1.13 bits per heavy atom. The van der Waals surface area contributed by atoms with Gasteiger partial charge in [-0.15, -0.1) is 0 Å². The number of hydrogen-bond donors (Lipinski definition) is 0. The van der Waals surface area contributed by atoms with Crippen LogP contribution in [-0.2, 0) is 6.42 Å². The number of benzene rings is 1. The maximum absolute atomic E-state index is 13.0. The molecule has 0 spiro atoms. The lowest BCUT2D eigenvalue weighted by Crippen LogP contribution is -2.47. The molecule has 4 rings (SSSR count). The average molecular weight is 309 g/mol. The first-order valence-electron chi connectivity index (χ1n) is 8.67. The number of aryl methyl sites for hydroxylation is 1. The number of carbonyl (C=O) groups excluding carboxylic acids is 1. The number of piperidine rings is 1. The van der Waals surface area contributed by atoms with Crippen molar-refractivity contribution in [1.29, 1.82) is 0 Å². The molecule has 2 atom stereocenters. The van der Waals surface area contributed by atoms with Crippen molar-refractivity contribution in [1.82, 2.24) is 14.7 Å². The van der Waals surface area contributed by atoms with Gasteiger partial charge < -0.3 is 4.90 Å². The van der Waals surface area contributed by atoms with Crippen molar-refractivity contribution in [3.05, 3.63) is 53.9 Å². The number of carbonyl (C=O) groups is 1. The summed E-state index contributed by atoms with van der Waals surface area (Å²) in [5.74, 6) is 0.207. The second-order valence-electron chi connectivity index (χ2n) is 6.76. The smallest absolute Gasteiger partial charge is 0.254 e. The molecule has 2 aromatic rings. The van der Waals surface area contributed by atoms with Crippen molar-refractivity contribution in [3.8, 4) is 0 Å². The van der Waals surface area contributed by atoms with E-state index in [2.05, 4.69) is 33.7 Å². The Hall–Kier alpha value is -2.10. The fourth-order valence-corrected chi connectivity index (χ4v) is 4.22. The largest absolute Gasteiger partial charge is 0.333 e. The van der Waals surface area contributed by atoms with Gasteiger partial charge in [0.2, 0.25) is 0 Å². The van der Waals surface area contributed by atoms with Gasteiger partial charge in [-0.05, 0) is 55.9 Å². The van der Waals surface area contributed by atoms with Crippen LogP contribution in [0.1, 0.15) is 54.6 Å². The summed E-state index contributed by atoms with van der Waals surface area (Å²) in [6.07, 6.45) is 9.20. The van der Waals surface area contributed by atoms with Crippen molar-refractivity contribution in [2.75, 3.05) is 0 Å². The van der Waals surface area contributed by atoms with Gasteiger partial charge in [0.05, 0.1) is 6.04 Å². The van der Waals surface area contributed by atoms with Crippen LogP contribution < -0.4 is 0 Å². The molecule has 1 aromatic heterocycles. The minimum atomic E-state index is 0.207. The molecule has 1 aromatic carbocycles. The van der Waals surface area contributed by atoms with Gasteiger partial charge in [0.15, 0.2) is 0 Å². The molecule has 2 saturated heterocycles. The van der Waals surface area contributed by atoms with Crippen LogP contribution in [0.25, 0.3) is 0 Å². The van der Waals surface area contributed by atoms with E-state index in [1.54, 1.807) is 0 Å². The van der Waals surface area contributed by atoms with Crippen LogP contribution in [-0.4, -0.2) is 32.7 Å². The monoisotopic (exact) mass is 309 g/mol. The summed E-state index contributed by atoms with van der Waals surface area (Å²) in [5.41, 5.74) is 2.11. The van der Waals surface area contributed by atoms with E-state index in [1.807, 2.05) is 30.6 Å². The normalized spacial score (nSPS) is 26.5. The van der Waals surface area contributed by atoms with E-state index in [-0.39, 0.29) is 5.91 Å². The Morgan fingerprint density at radius 2 is 1.83 bits per heavy atom. The molecule has 4 nitrogen and oxygen atoms in total. The molecule has 2 unspecified atom stereocenters. The van der Waals surface area contributed by atoms with Crippen LogP contribution in [0.2, 0.25) is 0 Å². The van der Waals surface area contributed by atoms with E-state index in [4.69, 9.17) is 0 Å². The molecule has 0 aliphatic carbocycles. The lowest BCUT2D eigenvalue weighted by molar-refractivity contribution is 0.0524. The summed E-state index contributed by atoms with van der Waals surface area (Å²) in [6, 6.07) is 11.3. The first-order chi connectivity index (χ1) is 11.3. The molecule has 2 aliphatic heterocycles. The van der Waals surface area contributed by atoms with Gasteiger partial charge in [0.25, 0.3) is 5.91 Å². The van der Waals surface area contributed by atoms with Crippen molar-refractivity contribution in [2.45, 2.75) is 57.2 Å². The number of nitrogens with zero attached hydrogens (tertiary/aromatic N) is 3. The predicted octanol–water partition coefficient (Wildman–Crippen LogP) is 3.45. The Bertz CT molecular complexity index is 663. The first kappa shape index (κ1) is 14.5. The maximum Gasteiger partial charge on any atom is 0.254 e. The maximum atomic E-state index is 13.0. The Labute approximate surface area is 137 Å².